The first-order valence-electron chi connectivity index (χ1n) is 5.84. The van der Waals surface area contributed by atoms with E-state index >= 15 is 0 Å². The summed E-state index contributed by atoms with van der Waals surface area (Å²) in [5.41, 5.74) is 1.53. The molecule has 2 nitrogen and oxygen atoms in total. The molecule has 2 aromatic rings. The first kappa shape index (κ1) is 15.4. The zero-order valence-corrected chi connectivity index (χ0v) is 13.7. The maximum atomic E-state index is 12.0. The zero-order valence-electron chi connectivity index (χ0n) is 10.6. The van der Waals surface area contributed by atoms with Crippen molar-refractivity contribution in [1.82, 2.24) is 0 Å². The van der Waals surface area contributed by atoms with Crippen molar-refractivity contribution in [2.24, 2.45) is 0 Å². The topological polar surface area (TPSA) is 26.3 Å². The van der Waals surface area contributed by atoms with Gasteiger partial charge in [0.05, 0.1) is 10.0 Å². The third kappa shape index (κ3) is 3.75. The number of aryl methyl sites for hydroxylation is 1. The van der Waals surface area contributed by atoms with E-state index in [0.717, 1.165) is 10.0 Å². The van der Waals surface area contributed by atoms with Gasteiger partial charge in [0, 0.05) is 10.0 Å². The summed E-state index contributed by atoms with van der Waals surface area (Å²) in [6.07, 6.45) is 0. The number of halogens is 3. The molecule has 0 unspecified atom stereocenters. The van der Waals surface area contributed by atoms with Crippen LogP contribution in [0.2, 0.25) is 10.0 Å². The summed E-state index contributed by atoms with van der Waals surface area (Å²) in [5.74, 6) is 0.503. The van der Waals surface area contributed by atoms with Crippen LogP contribution in [-0.2, 0) is 0 Å². The minimum absolute atomic E-state index is 0.0426. The van der Waals surface area contributed by atoms with Crippen LogP contribution in [0.15, 0.2) is 40.9 Å². The van der Waals surface area contributed by atoms with Gasteiger partial charge < -0.3 is 4.74 Å². The van der Waals surface area contributed by atoms with E-state index in [2.05, 4.69) is 15.9 Å². The monoisotopic (exact) mass is 372 g/mol. The Labute approximate surface area is 135 Å². The third-order valence-corrected chi connectivity index (χ3v) is 4.37. The Balaban J connectivity index is 2.04. The minimum Gasteiger partial charge on any atom is -0.485 e. The molecule has 0 aromatic heterocycles. The largest absolute Gasteiger partial charge is 0.485 e. The Morgan fingerprint density at radius 3 is 2.55 bits per heavy atom. The molecule has 0 aliphatic carbocycles. The van der Waals surface area contributed by atoms with Crippen molar-refractivity contribution < 1.29 is 9.53 Å². The van der Waals surface area contributed by atoms with Gasteiger partial charge >= 0.3 is 0 Å². The summed E-state index contributed by atoms with van der Waals surface area (Å²) in [6, 6.07) is 10.3. The summed E-state index contributed by atoms with van der Waals surface area (Å²) in [7, 11) is 0. The fourth-order valence-corrected chi connectivity index (χ4v) is 2.15. The molecule has 0 saturated carbocycles. The van der Waals surface area contributed by atoms with Crippen LogP contribution in [0.3, 0.4) is 0 Å². The van der Waals surface area contributed by atoms with E-state index in [1.165, 1.54) is 0 Å². The summed E-state index contributed by atoms with van der Waals surface area (Å²) < 4.78 is 6.48. The first-order chi connectivity index (χ1) is 9.47. The molecule has 0 fully saturated rings. The van der Waals surface area contributed by atoms with Crippen molar-refractivity contribution >= 4 is 44.9 Å². The lowest BCUT2D eigenvalue weighted by molar-refractivity contribution is 0.0921. The summed E-state index contributed by atoms with van der Waals surface area (Å²) in [6.45, 7) is 1.91. The average Bonchev–Trinajstić information content (AvgIpc) is 2.43. The van der Waals surface area contributed by atoms with E-state index in [0.29, 0.717) is 21.4 Å². The number of carbonyl (C=O) groups is 1. The van der Waals surface area contributed by atoms with E-state index in [1.54, 1.807) is 24.3 Å². The number of hydrogen-bond acceptors (Lipinski definition) is 2. The third-order valence-electron chi connectivity index (χ3n) is 2.74. The van der Waals surface area contributed by atoms with E-state index in [9.17, 15) is 4.79 Å². The van der Waals surface area contributed by atoms with Crippen LogP contribution in [0.25, 0.3) is 0 Å². The van der Waals surface area contributed by atoms with Gasteiger partial charge in [-0.15, -0.1) is 0 Å². The highest BCUT2D eigenvalue weighted by Gasteiger charge is 2.09. The number of ketones is 1. The first-order valence-corrected chi connectivity index (χ1v) is 7.39. The van der Waals surface area contributed by atoms with Gasteiger partial charge in [0.25, 0.3) is 0 Å². The van der Waals surface area contributed by atoms with Crippen molar-refractivity contribution in [3.63, 3.8) is 0 Å². The molecule has 2 aromatic carbocycles. The quantitative estimate of drug-likeness (QED) is 0.677. The van der Waals surface area contributed by atoms with Gasteiger partial charge in [-0.2, -0.15) is 0 Å². The molecule has 0 atom stereocenters. The van der Waals surface area contributed by atoms with Crippen molar-refractivity contribution in [1.29, 1.82) is 0 Å². The molecule has 0 amide bonds. The Hall–Kier alpha value is -1.03. The fraction of sp³-hybridized carbons (Fsp3) is 0.133. The fourth-order valence-electron chi connectivity index (χ4n) is 1.61. The van der Waals surface area contributed by atoms with Crippen LogP contribution in [0.1, 0.15) is 15.9 Å². The molecule has 2 rings (SSSR count). The molecule has 0 radical (unpaired) electrons. The standard InChI is InChI=1S/C15H11BrCl2O2/c1-9-6-11(3-4-12(9)16)20-8-15(19)10-2-5-13(17)14(18)7-10/h2-7H,8H2,1H3. The number of ether oxygens (including phenoxy) is 1. The second-order valence-electron chi connectivity index (χ2n) is 4.25. The number of benzene rings is 2. The maximum Gasteiger partial charge on any atom is 0.200 e. The van der Waals surface area contributed by atoms with Gasteiger partial charge in [0.2, 0.25) is 0 Å². The lowest BCUT2D eigenvalue weighted by atomic mass is 10.1. The van der Waals surface area contributed by atoms with Crippen LogP contribution in [-0.4, -0.2) is 12.4 Å². The SMILES string of the molecule is Cc1cc(OCC(=O)c2ccc(Cl)c(Cl)c2)ccc1Br. The van der Waals surface area contributed by atoms with Gasteiger partial charge in [-0.3, -0.25) is 4.79 Å². The van der Waals surface area contributed by atoms with Crippen LogP contribution >= 0.6 is 39.1 Å². The smallest absolute Gasteiger partial charge is 0.200 e. The normalized spacial score (nSPS) is 10.4. The molecular weight excluding hydrogens is 363 g/mol. The minimum atomic E-state index is -0.149. The van der Waals surface area contributed by atoms with Gasteiger partial charge in [-0.05, 0) is 48.9 Å². The van der Waals surface area contributed by atoms with Crippen LogP contribution in [0.4, 0.5) is 0 Å². The number of Topliss-reactive ketones (excluding diaryl/α,β-unsaturated/α-hetero) is 1. The van der Waals surface area contributed by atoms with Crippen LogP contribution in [0.5, 0.6) is 5.75 Å². The number of rotatable bonds is 4. The highest BCUT2D eigenvalue weighted by Crippen LogP contribution is 2.24. The molecule has 0 spiro atoms. The lowest BCUT2D eigenvalue weighted by Gasteiger charge is -2.08. The Bertz CT molecular complexity index is 656. The lowest BCUT2D eigenvalue weighted by Crippen LogP contribution is -2.11. The Morgan fingerprint density at radius 2 is 1.90 bits per heavy atom. The molecular formula is C15H11BrCl2O2. The van der Waals surface area contributed by atoms with Gasteiger partial charge in [0.15, 0.2) is 12.4 Å². The second kappa shape index (κ2) is 6.61. The number of hydrogen-bond donors (Lipinski definition) is 0. The van der Waals surface area contributed by atoms with Crippen molar-refractivity contribution in [3.8, 4) is 5.75 Å². The van der Waals surface area contributed by atoms with Gasteiger partial charge in [0.1, 0.15) is 5.75 Å². The molecule has 0 bridgehead atoms. The van der Waals surface area contributed by atoms with E-state index in [1.807, 2.05) is 19.1 Å². The number of carbonyl (C=O) groups excluding carboxylic acids is 1. The Morgan fingerprint density at radius 1 is 1.15 bits per heavy atom. The molecule has 104 valence electrons. The van der Waals surface area contributed by atoms with Crippen molar-refractivity contribution in [2.45, 2.75) is 6.92 Å². The molecule has 0 aliphatic rings. The summed E-state index contributed by atoms with van der Waals surface area (Å²) in [5, 5.41) is 0.782. The van der Waals surface area contributed by atoms with Crippen molar-refractivity contribution in [3.05, 3.63) is 62.0 Å². The maximum absolute atomic E-state index is 12.0. The molecule has 0 N–H and O–H groups in total. The molecule has 20 heavy (non-hydrogen) atoms. The van der Waals surface area contributed by atoms with E-state index in [4.69, 9.17) is 27.9 Å². The van der Waals surface area contributed by atoms with Crippen LogP contribution in [0, 0.1) is 6.92 Å². The van der Waals surface area contributed by atoms with Crippen LogP contribution < -0.4 is 4.74 Å². The van der Waals surface area contributed by atoms with E-state index in [-0.39, 0.29) is 12.4 Å². The second-order valence-corrected chi connectivity index (χ2v) is 5.92. The summed E-state index contributed by atoms with van der Waals surface area (Å²) >= 11 is 15.1. The molecule has 0 saturated heterocycles. The summed E-state index contributed by atoms with van der Waals surface area (Å²) in [4.78, 5) is 12.0. The molecule has 0 aliphatic heterocycles. The van der Waals surface area contributed by atoms with Crippen molar-refractivity contribution in [2.75, 3.05) is 6.61 Å². The molecule has 0 heterocycles. The predicted octanol–water partition coefficient (Wildman–Crippen LogP) is 5.33. The van der Waals surface area contributed by atoms with Gasteiger partial charge in [-0.25, -0.2) is 0 Å². The Kier molecular flexibility index (Phi) is 5.08. The highest BCUT2D eigenvalue weighted by molar-refractivity contribution is 9.10. The highest BCUT2D eigenvalue weighted by atomic mass is 79.9. The molecule has 5 heteroatoms. The van der Waals surface area contributed by atoms with E-state index < -0.39 is 0 Å². The van der Waals surface area contributed by atoms with Gasteiger partial charge in [-0.1, -0.05) is 39.1 Å². The average molecular weight is 374 g/mol. The predicted molar refractivity (Wildman–Crippen MR) is 85.2 cm³/mol. The zero-order chi connectivity index (χ0) is 14.7.